The van der Waals surface area contributed by atoms with E-state index in [2.05, 4.69) is 6.58 Å². The van der Waals surface area contributed by atoms with Crippen LogP contribution in [0.15, 0.2) is 35.6 Å². The van der Waals surface area contributed by atoms with Crippen molar-refractivity contribution in [2.75, 3.05) is 26.2 Å². The van der Waals surface area contributed by atoms with Crippen LogP contribution in [0.2, 0.25) is 0 Å². The van der Waals surface area contributed by atoms with Gasteiger partial charge in [-0.15, -0.1) is 0 Å². The van der Waals surface area contributed by atoms with E-state index in [4.69, 9.17) is 10.5 Å². The minimum atomic E-state index is -1.19. The second kappa shape index (κ2) is 8.18. The quantitative estimate of drug-likeness (QED) is 0.362. The number of hydrogen-bond acceptors (Lipinski definition) is 6. The van der Waals surface area contributed by atoms with Crippen molar-refractivity contribution in [2.45, 2.75) is 43.8 Å². The lowest BCUT2D eigenvalue weighted by molar-refractivity contribution is -0.152. The van der Waals surface area contributed by atoms with Crippen LogP contribution < -0.4 is 5.73 Å². The zero-order valence-corrected chi connectivity index (χ0v) is 17.2. The number of likely N-dealkylation sites (tertiary alicyclic amines) is 2. The highest BCUT2D eigenvalue weighted by Crippen LogP contribution is 2.37. The molecule has 0 spiro atoms. The van der Waals surface area contributed by atoms with E-state index in [1.54, 1.807) is 15.9 Å². The largest absolute Gasteiger partial charge is 0.477 e. The second-order valence-electron chi connectivity index (χ2n) is 8.19. The van der Waals surface area contributed by atoms with Crippen LogP contribution in [0.3, 0.4) is 0 Å². The van der Waals surface area contributed by atoms with Crippen molar-refractivity contribution in [3.63, 3.8) is 0 Å². The maximum absolute atomic E-state index is 13.0. The van der Waals surface area contributed by atoms with Gasteiger partial charge in [-0.2, -0.15) is 0 Å². The van der Waals surface area contributed by atoms with E-state index in [1.807, 2.05) is 0 Å². The first-order chi connectivity index (χ1) is 14.8. The predicted octanol–water partition coefficient (Wildman–Crippen LogP) is 0.213. The van der Waals surface area contributed by atoms with Gasteiger partial charge in [0.2, 0.25) is 11.8 Å². The van der Waals surface area contributed by atoms with E-state index in [0.29, 0.717) is 56.5 Å². The Morgan fingerprint density at radius 2 is 2.00 bits per heavy atom. The molecule has 3 amide bonds. The number of allylic oxidation sites excluding steroid dienone is 2. The molecule has 4 rings (SSSR count). The first-order valence-electron chi connectivity index (χ1n) is 10.4. The summed E-state index contributed by atoms with van der Waals surface area (Å²) in [6.45, 7) is 5.08. The third-order valence-corrected chi connectivity index (χ3v) is 6.42. The zero-order chi connectivity index (χ0) is 22.3. The summed E-state index contributed by atoms with van der Waals surface area (Å²) in [5.74, 6) is -1.74. The number of carboxylic acid groups (broad SMARTS) is 1. The molecule has 0 saturated carbocycles. The second-order valence-corrected chi connectivity index (χ2v) is 8.19. The lowest BCUT2D eigenvalue weighted by Gasteiger charge is -2.48. The van der Waals surface area contributed by atoms with Gasteiger partial charge in [-0.05, 0) is 37.3 Å². The van der Waals surface area contributed by atoms with Crippen LogP contribution in [0, 0.1) is 0 Å². The molecule has 31 heavy (non-hydrogen) atoms. The van der Waals surface area contributed by atoms with Gasteiger partial charge < -0.3 is 25.4 Å². The molecule has 4 aliphatic rings. The van der Waals surface area contributed by atoms with Crippen molar-refractivity contribution < 1.29 is 29.0 Å². The first-order valence-corrected chi connectivity index (χ1v) is 10.4. The molecule has 3 atom stereocenters. The Hall–Kier alpha value is -3.14. The number of amides is 3. The number of carbonyl (C=O) groups excluding carboxylic acids is 3. The molecule has 0 aromatic rings. The number of nitrogens with two attached hydrogens (primary N) is 1. The van der Waals surface area contributed by atoms with Gasteiger partial charge in [0, 0.05) is 25.2 Å². The van der Waals surface area contributed by atoms with Gasteiger partial charge in [0.25, 0.3) is 0 Å². The molecule has 3 N–H and O–H groups in total. The molecule has 0 aromatic heterocycles. The van der Waals surface area contributed by atoms with E-state index in [0.717, 1.165) is 0 Å². The third-order valence-electron chi connectivity index (χ3n) is 6.42. The topological polar surface area (TPSA) is 133 Å². The molecular formula is C21H26N4O6. The molecule has 10 nitrogen and oxygen atoms in total. The van der Waals surface area contributed by atoms with Crippen LogP contribution in [0.25, 0.3) is 0 Å². The number of carbonyl (C=O) groups is 4. The summed E-state index contributed by atoms with van der Waals surface area (Å²) in [5.41, 5.74) is 6.73. The van der Waals surface area contributed by atoms with Gasteiger partial charge in [0.05, 0.1) is 12.1 Å². The van der Waals surface area contributed by atoms with Crippen molar-refractivity contribution in [3.8, 4) is 0 Å². The molecule has 0 aliphatic carbocycles. The van der Waals surface area contributed by atoms with Crippen LogP contribution in [0.1, 0.15) is 25.7 Å². The fourth-order valence-electron chi connectivity index (χ4n) is 4.82. The highest BCUT2D eigenvalue weighted by Gasteiger charge is 2.51. The van der Waals surface area contributed by atoms with Gasteiger partial charge in [-0.3, -0.25) is 14.5 Å². The fourth-order valence-corrected chi connectivity index (χ4v) is 4.82. The van der Waals surface area contributed by atoms with Crippen LogP contribution in [0.4, 0.5) is 4.79 Å². The number of β-lactam (4-membered cyclic amide) rings is 1. The maximum atomic E-state index is 13.0. The summed E-state index contributed by atoms with van der Waals surface area (Å²) in [6.07, 6.45) is 4.88. The lowest BCUT2D eigenvalue weighted by atomic mass is 9.83. The molecule has 166 valence electrons. The monoisotopic (exact) mass is 430 g/mol. The zero-order valence-electron chi connectivity index (χ0n) is 17.2. The first kappa shape index (κ1) is 21.1. The molecule has 0 bridgehead atoms. The van der Waals surface area contributed by atoms with Crippen LogP contribution in [-0.4, -0.2) is 88.0 Å². The third kappa shape index (κ3) is 3.60. The normalized spacial score (nSPS) is 29.4. The van der Waals surface area contributed by atoms with Gasteiger partial charge in [-0.1, -0.05) is 12.7 Å². The SMILES string of the molecule is C=CCOC(=O)N1CC[C@@H](N2CCC(=CC3=C(C(=O)O)N4C(=O)[C@@H](N)[C@H]4CC3)C2=O)C1. The van der Waals surface area contributed by atoms with E-state index in [-0.39, 0.29) is 30.3 Å². The van der Waals surface area contributed by atoms with Crippen molar-refractivity contribution in [3.05, 3.63) is 35.6 Å². The van der Waals surface area contributed by atoms with Crippen molar-refractivity contribution in [2.24, 2.45) is 5.73 Å². The number of rotatable bonds is 5. The number of nitrogens with zero attached hydrogens (tertiary/aromatic N) is 3. The Morgan fingerprint density at radius 1 is 1.23 bits per heavy atom. The highest BCUT2D eigenvalue weighted by molar-refractivity contribution is 6.01. The summed E-state index contributed by atoms with van der Waals surface area (Å²) in [4.78, 5) is 53.5. The average molecular weight is 430 g/mol. The Bertz CT molecular complexity index is 910. The summed E-state index contributed by atoms with van der Waals surface area (Å²) < 4.78 is 5.06. The standard InChI is InChI=1S/C21H26N4O6/c1-2-9-31-21(30)23-7-6-14(11-23)24-8-5-13(18(24)26)10-12-3-4-15-16(22)19(27)25(15)17(12)20(28)29/h2,10,14-16H,1,3-9,11,22H2,(H,28,29)/t14-,15-,16+/m1/s1. The molecule has 0 unspecified atom stereocenters. The number of ether oxygens (including phenoxy) is 1. The lowest BCUT2D eigenvalue weighted by Crippen LogP contribution is -2.69. The smallest absolute Gasteiger partial charge is 0.410 e. The summed E-state index contributed by atoms with van der Waals surface area (Å²) >= 11 is 0. The molecule has 3 fully saturated rings. The average Bonchev–Trinajstić information content (AvgIpc) is 3.38. The minimum Gasteiger partial charge on any atom is -0.477 e. The molecule has 4 heterocycles. The van der Waals surface area contributed by atoms with Crippen LogP contribution in [0.5, 0.6) is 0 Å². The Labute approximate surface area is 179 Å². The van der Waals surface area contributed by atoms with Crippen LogP contribution in [-0.2, 0) is 19.1 Å². The summed E-state index contributed by atoms with van der Waals surface area (Å²) in [7, 11) is 0. The van der Waals surface area contributed by atoms with Gasteiger partial charge >= 0.3 is 12.1 Å². The maximum Gasteiger partial charge on any atom is 0.410 e. The number of hydrogen-bond donors (Lipinski definition) is 2. The number of fused-ring (bicyclic) bond motifs is 1. The van der Waals surface area contributed by atoms with Crippen LogP contribution >= 0.6 is 0 Å². The van der Waals surface area contributed by atoms with Crippen molar-refractivity contribution >= 4 is 23.9 Å². The summed E-state index contributed by atoms with van der Waals surface area (Å²) in [6, 6.07) is -1.05. The Kier molecular flexibility index (Phi) is 5.57. The van der Waals surface area contributed by atoms with E-state index < -0.39 is 24.0 Å². The van der Waals surface area contributed by atoms with Gasteiger partial charge in [-0.25, -0.2) is 9.59 Å². The van der Waals surface area contributed by atoms with E-state index in [9.17, 15) is 24.3 Å². The highest BCUT2D eigenvalue weighted by atomic mass is 16.6. The molecule has 0 radical (unpaired) electrons. The van der Waals surface area contributed by atoms with Gasteiger partial charge in [0.1, 0.15) is 18.3 Å². The summed E-state index contributed by atoms with van der Waals surface area (Å²) in [5, 5.41) is 9.67. The molecule has 4 aliphatic heterocycles. The van der Waals surface area contributed by atoms with E-state index >= 15 is 0 Å². The molecule has 3 saturated heterocycles. The number of aliphatic carboxylic acids is 1. The minimum absolute atomic E-state index is 0.0706. The Morgan fingerprint density at radius 3 is 2.71 bits per heavy atom. The molecular weight excluding hydrogens is 404 g/mol. The number of carboxylic acids is 1. The molecule has 10 heteroatoms. The van der Waals surface area contributed by atoms with E-state index in [1.165, 1.54) is 11.0 Å². The van der Waals surface area contributed by atoms with Gasteiger partial charge in [0.15, 0.2) is 0 Å². The Balaban J connectivity index is 1.48. The predicted molar refractivity (Wildman–Crippen MR) is 108 cm³/mol. The van der Waals surface area contributed by atoms with Crippen molar-refractivity contribution in [1.82, 2.24) is 14.7 Å². The molecule has 0 aromatic carbocycles. The fraction of sp³-hybridized carbons (Fsp3) is 0.524. The van der Waals surface area contributed by atoms with Crippen molar-refractivity contribution in [1.29, 1.82) is 0 Å².